The number of carbonyl (C=O) groups is 2. The van der Waals surface area contributed by atoms with Gasteiger partial charge in [-0.25, -0.2) is 0 Å². The third kappa shape index (κ3) is 5.70. The number of benzene rings is 2. The molecule has 7 nitrogen and oxygen atoms in total. The van der Waals surface area contributed by atoms with Crippen LogP contribution in [0.2, 0.25) is 0 Å². The zero-order chi connectivity index (χ0) is 19.8. The van der Waals surface area contributed by atoms with Crippen molar-refractivity contribution in [1.29, 1.82) is 0 Å². The summed E-state index contributed by atoms with van der Waals surface area (Å²) in [5.41, 5.74) is 2.06. The van der Waals surface area contributed by atoms with Crippen LogP contribution in [0.4, 0.5) is 5.69 Å². The molecule has 0 fully saturated rings. The lowest BCUT2D eigenvalue weighted by atomic mass is 10.1. The van der Waals surface area contributed by atoms with Gasteiger partial charge in [-0.3, -0.25) is 9.59 Å². The van der Waals surface area contributed by atoms with Gasteiger partial charge < -0.3 is 19.9 Å². The van der Waals surface area contributed by atoms with E-state index >= 15 is 0 Å². The number of nitrogens with zero attached hydrogens (tertiary/aromatic N) is 1. The summed E-state index contributed by atoms with van der Waals surface area (Å²) in [7, 11) is 0. The molecule has 1 heterocycles. The van der Waals surface area contributed by atoms with Gasteiger partial charge in [-0.05, 0) is 36.2 Å². The lowest BCUT2D eigenvalue weighted by Crippen LogP contribution is -2.25. The summed E-state index contributed by atoms with van der Waals surface area (Å²) < 4.78 is 10.8. The summed E-state index contributed by atoms with van der Waals surface area (Å²) >= 11 is 0. The molecule has 0 radical (unpaired) electrons. The van der Waals surface area contributed by atoms with Gasteiger partial charge >= 0.3 is 0 Å². The van der Waals surface area contributed by atoms with Crippen molar-refractivity contribution in [1.82, 2.24) is 10.5 Å². The lowest BCUT2D eigenvalue weighted by molar-refractivity contribution is -0.114. The summed E-state index contributed by atoms with van der Waals surface area (Å²) in [6.45, 7) is 2.11. The fourth-order valence-electron chi connectivity index (χ4n) is 2.54. The quantitative estimate of drug-likeness (QED) is 0.627. The minimum Gasteiger partial charge on any atom is -0.486 e. The Kier molecular flexibility index (Phi) is 6.41. The minimum atomic E-state index is -0.286. The standard InChI is InChI=1S/C21H21N3O4/c1-15(25)23-17-7-9-18(10-8-17)27-14-19-13-20(24-28-19)21(26)22-12-11-16-5-3-2-4-6-16/h2-10,13H,11-12,14H2,1H3,(H,22,26)(H,23,25). The summed E-state index contributed by atoms with van der Waals surface area (Å²) in [6.07, 6.45) is 0.745. The topological polar surface area (TPSA) is 93.5 Å². The average Bonchev–Trinajstić information content (AvgIpc) is 3.17. The average molecular weight is 379 g/mol. The second-order valence-corrected chi connectivity index (χ2v) is 6.16. The Morgan fingerprint density at radius 1 is 1.07 bits per heavy atom. The maximum absolute atomic E-state index is 12.1. The molecular formula is C21H21N3O4. The van der Waals surface area contributed by atoms with Crippen LogP contribution in [-0.4, -0.2) is 23.5 Å². The Balaban J connectivity index is 1.45. The number of ether oxygens (including phenoxy) is 1. The van der Waals surface area contributed by atoms with Gasteiger partial charge in [0, 0.05) is 25.2 Å². The predicted molar refractivity (Wildman–Crippen MR) is 104 cm³/mol. The Morgan fingerprint density at radius 3 is 2.54 bits per heavy atom. The molecule has 28 heavy (non-hydrogen) atoms. The molecule has 0 aliphatic rings. The third-order valence-corrected chi connectivity index (χ3v) is 3.89. The molecule has 1 aromatic heterocycles. The number of hydrogen-bond acceptors (Lipinski definition) is 5. The first-order valence-corrected chi connectivity index (χ1v) is 8.88. The van der Waals surface area contributed by atoms with Crippen LogP contribution in [0.1, 0.15) is 28.7 Å². The van der Waals surface area contributed by atoms with Gasteiger partial charge in [-0.1, -0.05) is 35.5 Å². The highest BCUT2D eigenvalue weighted by atomic mass is 16.5. The van der Waals surface area contributed by atoms with Gasteiger partial charge in [0.05, 0.1) is 0 Å². The van der Waals surface area contributed by atoms with Gasteiger partial charge in [0.25, 0.3) is 5.91 Å². The Bertz CT molecular complexity index is 920. The molecule has 3 rings (SSSR count). The first-order valence-electron chi connectivity index (χ1n) is 8.88. The number of anilines is 1. The molecule has 0 bridgehead atoms. The maximum atomic E-state index is 12.1. The van der Waals surface area contributed by atoms with E-state index in [4.69, 9.17) is 9.26 Å². The zero-order valence-corrected chi connectivity index (χ0v) is 15.5. The van der Waals surface area contributed by atoms with Gasteiger partial charge in [-0.15, -0.1) is 0 Å². The second-order valence-electron chi connectivity index (χ2n) is 6.16. The van der Waals surface area contributed by atoms with Crippen LogP contribution in [0.3, 0.4) is 0 Å². The van der Waals surface area contributed by atoms with Crippen LogP contribution >= 0.6 is 0 Å². The summed E-state index contributed by atoms with van der Waals surface area (Å²) in [5.74, 6) is 0.633. The number of carbonyl (C=O) groups excluding carboxylic acids is 2. The van der Waals surface area contributed by atoms with E-state index in [1.165, 1.54) is 6.92 Å². The second kappa shape index (κ2) is 9.36. The van der Waals surface area contributed by atoms with Crippen molar-refractivity contribution in [2.24, 2.45) is 0 Å². The molecule has 0 aliphatic carbocycles. The van der Waals surface area contributed by atoms with Crippen molar-refractivity contribution in [3.8, 4) is 5.75 Å². The first kappa shape index (κ1) is 19.2. The van der Waals surface area contributed by atoms with E-state index in [1.807, 2.05) is 30.3 Å². The largest absolute Gasteiger partial charge is 0.486 e. The van der Waals surface area contributed by atoms with Crippen molar-refractivity contribution in [3.05, 3.63) is 77.7 Å². The summed E-state index contributed by atoms with van der Waals surface area (Å²) in [6, 6.07) is 18.4. The molecule has 2 amide bonds. The molecule has 2 N–H and O–H groups in total. The molecule has 2 aromatic carbocycles. The highest BCUT2D eigenvalue weighted by molar-refractivity contribution is 5.92. The monoisotopic (exact) mass is 379 g/mol. The zero-order valence-electron chi connectivity index (χ0n) is 15.5. The van der Waals surface area contributed by atoms with E-state index in [0.29, 0.717) is 23.7 Å². The molecule has 0 saturated carbocycles. The van der Waals surface area contributed by atoms with Crippen molar-refractivity contribution in [2.45, 2.75) is 20.0 Å². The lowest BCUT2D eigenvalue weighted by Gasteiger charge is -2.05. The molecule has 0 spiro atoms. The van der Waals surface area contributed by atoms with Crippen molar-refractivity contribution >= 4 is 17.5 Å². The number of rotatable bonds is 8. The first-order chi connectivity index (χ1) is 13.6. The molecule has 0 atom stereocenters. The van der Waals surface area contributed by atoms with E-state index in [9.17, 15) is 9.59 Å². The van der Waals surface area contributed by atoms with Crippen LogP contribution in [0.5, 0.6) is 5.75 Å². The summed E-state index contributed by atoms with van der Waals surface area (Å²) in [4.78, 5) is 23.1. The Morgan fingerprint density at radius 2 is 1.82 bits per heavy atom. The van der Waals surface area contributed by atoms with Gasteiger partial charge in [0.2, 0.25) is 5.91 Å². The van der Waals surface area contributed by atoms with Crippen LogP contribution in [0.25, 0.3) is 0 Å². The molecule has 144 valence electrons. The highest BCUT2D eigenvalue weighted by Crippen LogP contribution is 2.17. The minimum absolute atomic E-state index is 0.134. The van der Waals surface area contributed by atoms with Crippen LogP contribution in [0.15, 0.2) is 65.2 Å². The molecule has 0 saturated heterocycles. The molecule has 0 aliphatic heterocycles. The molecule has 3 aromatic rings. The van der Waals surface area contributed by atoms with Crippen molar-refractivity contribution in [2.75, 3.05) is 11.9 Å². The van der Waals surface area contributed by atoms with E-state index in [2.05, 4.69) is 15.8 Å². The number of aromatic nitrogens is 1. The fraction of sp³-hybridized carbons (Fsp3) is 0.190. The smallest absolute Gasteiger partial charge is 0.273 e. The van der Waals surface area contributed by atoms with Gasteiger partial charge in [0.1, 0.15) is 12.4 Å². The maximum Gasteiger partial charge on any atom is 0.273 e. The van der Waals surface area contributed by atoms with Gasteiger partial charge in [0.15, 0.2) is 11.5 Å². The highest BCUT2D eigenvalue weighted by Gasteiger charge is 2.12. The van der Waals surface area contributed by atoms with E-state index in [1.54, 1.807) is 30.3 Å². The van der Waals surface area contributed by atoms with Crippen LogP contribution in [0, 0.1) is 0 Å². The van der Waals surface area contributed by atoms with E-state index in [-0.39, 0.29) is 24.1 Å². The molecule has 0 unspecified atom stereocenters. The summed E-state index contributed by atoms with van der Waals surface area (Å²) in [5, 5.41) is 9.29. The predicted octanol–water partition coefficient (Wildman–Crippen LogP) is 3.18. The number of nitrogens with one attached hydrogen (secondary N) is 2. The van der Waals surface area contributed by atoms with Crippen LogP contribution in [-0.2, 0) is 17.8 Å². The van der Waals surface area contributed by atoms with E-state index in [0.717, 1.165) is 12.0 Å². The molecule has 7 heteroatoms. The number of hydrogen-bond donors (Lipinski definition) is 2. The third-order valence-electron chi connectivity index (χ3n) is 3.89. The van der Waals surface area contributed by atoms with Gasteiger partial charge in [-0.2, -0.15) is 0 Å². The Labute approximate surface area is 162 Å². The fourth-order valence-corrected chi connectivity index (χ4v) is 2.54. The van der Waals surface area contributed by atoms with E-state index < -0.39 is 0 Å². The molecular weight excluding hydrogens is 358 g/mol. The van der Waals surface area contributed by atoms with Crippen LogP contribution < -0.4 is 15.4 Å². The van der Waals surface area contributed by atoms with Crippen molar-refractivity contribution < 1.29 is 18.8 Å². The van der Waals surface area contributed by atoms with Crippen molar-refractivity contribution in [3.63, 3.8) is 0 Å². The Hall–Kier alpha value is -3.61. The number of amides is 2. The normalized spacial score (nSPS) is 10.3. The SMILES string of the molecule is CC(=O)Nc1ccc(OCc2cc(C(=O)NCCc3ccccc3)no2)cc1.